The Morgan fingerprint density at radius 2 is 2.28 bits per heavy atom. The highest BCUT2D eigenvalue weighted by atomic mass is 32.1. The highest BCUT2D eigenvalue weighted by Crippen LogP contribution is 2.34. The number of hydrogen-bond acceptors (Lipinski definition) is 3. The molecule has 1 aliphatic rings. The molecule has 1 N–H and O–H groups in total. The third kappa shape index (κ3) is 3.34. The van der Waals surface area contributed by atoms with Gasteiger partial charge in [-0.1, -0.05) is 20.8 Å². The Bertz CT molecular complexity index is 388. The first kappa shape index (κ1) is 14.0. The minimum Gasteiger partial charge on any atom is -0.364 e. The SMILES string of the molecule is CCc1ccc(C2CNCC(C)(CC(C)C)O2)s1. The van der Waals surface area contributed by atoms with Gasteiger partial charge >= 0.3 is 0 Å². The van der Waals surface area contributed by atoms with Crippen molar-refractivity contribution in [1.29, 1.82) is 0 Å². The third-order valence-corrected chi connectivity index (χ3v) is 4.77. The first-order chi connectivity index (χ1) is 8.52. The molecular formula is C15H25NOS. The lowest BCUT2D eigenvalue weighted by atomic mass is 9.92. The van der Waals surface area contributed by atoms with Gasteiger partial charge in [0, 0.05) is 22.8 Å². The monoisotopic (exact) mass is 267 g/mol. The highest BCUT2D eigenvalue weighted by molar-refractivity contribution is 7.12. The van der Waals surface area contributed by atoms with E-state index in [-0.39, 0.29) is 11.7 Å². The molecular weight excluding hydrogens is 242 g/mol. The molecule has 3 heteroatoms. The second-order valence-electron chi connectivity index (χ2n) is 5.94. The lowest BCUT2D eigenvalue weighted by molar-refractivity contribution is -0.115. The zero-order chi connectivity index (χ0) is 13.2. The summed E-state index contributed by atoms with van der Waals surface area (Å²) in [5.74, 6) is 0.671. The Balaban J connectivity index is 2.06. The second kappa shape index (κ2) is 5.72. The molecule has 0 spiro atoms. The summed E-state index contributed by atoms with van der Waals surface area (Å²) in [4.78, 5) is 2.82. The van der Waals surface area contributed by atoms with E-state index in [2.05, 4.69) is 45.1 Å². The molecule has 0 amide bonds. The molecule has 0 aliphatic carbocycles. The molecule has 18 heavy (non-hydrogen) atoms. The van der Waals surface area contributed by atoms with E-state index >= 15 is 0 Å². The predicted octanol–water partition coefficient (Wildman–Crippen LogP) is 3.78. The number of thiophene rings is 1. The van der Waals surface area contributed by atoms with Crippen molar-refractivity contribution in [3.05, 3.63) is 21.9 Å². The molecule has 2 nitrogen and oxygen atoms in total. The van der Waals surface area contributed by atoms with E-state index in [4.69, 9.17) is 4.74 Å². The largest absolute Gasteiger partial charge is 0.364 e. The van der Waals surface area contributed by atoms with Gasteiger partial charge in [0.1, 0.15) is 6.10 Å². The van der Waals surface area contributed by atoms with E-state index in [1.54, 1.807) is 0 Å². The molecule has 2 rings (SSSR count). The van der Waals surface area contributed by atoms with Crippen molar-refractivity contribution >= 4 is 11.3 Å². The van der Waals surface area contributed by atoms with Gasteiger partial charge in [-0.2, -0.15) is 0 Å². The van der Waals surface area contributed by atoms with Crippen LogP contribution in [0.4, 0.5) is 0 Å². The summed E-state index contributed by atoms with van der Waals surface area (Å²) >= 11 is 1.89. The maximum atomic E-state index is 6.38. The van der Waals surface area contributed by atoms with Crippen molar-refractivity contribution in [2.24, 2.45) is 5.92 Å². The summed E-state index contributed by atoms with van der Waals surface area (Å²) in [7, 11) is 0. The molecule has 0 saturated carbocycles. The van der Waals surface area contributed by atoms with E-state index in [1.807, 2.05) is 11.3 Å². The molecule has 102 valence electrons. The summed E-state index contributed by atoms with van der Waals surface area (Å²) < 4.78 is 6.38. The maximum absolute atomic E-state index is 6.38. The average Bonchev–Trinajstić information content (AvgIpc) is 2.75. The van der Waals surface area contributed by atoms with Gasteiger partial charge in [0.2, 0.25) is 0 Å². The Morgan fingerprint density at radius 1 is 1.50 bits per heavy atom. The van der Waals surface area contributed by atoms with Crippen LogP contribution in [0.25, 0.3) is 0 Å². The average molecular weight is 267 g/mol. The van der Waals surface area contributed by atoms with Crippen molar-refractivity contribution in [3.63, 3.8) is 0 Å². The Kier molecular flexibility index (Phi) is 4.46. The minimum atomic E-state index is -0.0204. The van der Waals surface area contributed by atoms with E-state index in [1.165, 1.54) is 9.75 Å². The topological polar surface area (TPSA) is 21.3 Å². The van der Waals surface area contributed by atoms with Crippen LogP contribution in [0.15, 0.2) is 12.1 Å². The Labute approximate surface area is 115 Å². The minimum absolute atomic E-state index is 0.0204. The molecule has 1 aromatic heterocycles. The quantitative estimate of drug-likeness (QED) is 0.896. The molecule has 0 aromatic carbocycles. The van der Waals surface area contributed by atoms with Crippen LogP contribution >= 0.6 is 11.3 Å². The lowest BCUT2D eigenvalue weighted by Crippen LogP contribution is -2.49. The van der Waals surface area contributed by atoms with Crippen LogP contribution in [0, 0.1) is 5.92 Å². The van der Waals surface area contributed by atoms with E-state index in [0.29, 0.717) is 5.92 Å². The Hall–Kier alpha value is -0.380. The van der Waals surface area contributed by atoms with Gasteiger partial charge in [0.15, 0.2) is 0 Å². The zero-order valence-electron chi connectivity index (χ0n) is 12.0. The van der Waals surface area contributed by atoms with Crippen molar-refractivity contribution in [2.75, 3.05) is 13.1 Å². The molecule has 1 aromatic rings. The predicted molar refractivity (Wildman–Crippen MR) is 78.3 cm³/mol. The highest BCUT2D eigenvalue weighted by Gasteiger charge is 2.34. The second-order valence-corrected chi connectivity index (χ2v) is 7.14. The summed E-state index contributed by atoms with van der Waals surface area (Å²) in [5.41, 5.74) is -0.0204. The number of ether oxygens (including phenoxy) is 1. The van der Waals surface area contributed by atoms with Crippen LogP contribution in [-0.4, -0.2) is 18.7 Å². The van der Waals surface area contributed by atoms with Gasteiger partial charge in [-0.3, -0.25) is 0 Å². The molecule has 1 saturated heterocycles. The fourth-order valence-corrected chi connectivity index (χ4v) is 3.78. The summed E-state index contributed by atoms with van der Waals surface area (Å²) in [6.45, 7) is 10.9. The zero-order valence-corrected chi connectivity index (χ0v) is 12.8. The van der Waals surface area contributed by atoms with Crippen LogP contribution in [0.3, 0.4) is 0 Å². The fourth-order valence-electron chi connectivity index (χ4n) is 2.79. The van der Waals surface area contributed by atoms with Crippen LogP contribution in [0.1, 0.15) is 50.0 Å². The van der Waals surface area contributed by atoms with Gasteiger partial charge in [-0.15, -0.1) is 11.3 Å². The summed E-state index contributed by atoms with van der Waals surface area (Å²) in [6.07, 6.45) is 2.46. The first-order valence-corrected chi connectivity index (χ1v) is 7.81. The normalized spacial score (nSPS) is 28.8. The van der Waals surface area contributed by atoms with Gasteiger partial charge in [-0.05, 0) is 37.8 Å². The van der Waals surface area contributed by atoms with Crippen LogP contribution < -0.4 is 5.32 Å². The Morgan fingerprint density at radius 3 is 2.89 bits per heavy atom. The third-order valence-electron chi connectivity index (χ3n) is 3.44. The summed E-state index contributed by atoms with van der Waals surface area (Å²) in [6, 6.07) is 4.47. The summed E-state index contributed by atoms with van der Waals surface area (Å²) in [5, 5.41) is 3.54. The first-order valence-electron chi connectivity index (χ1n) is 6.99. The molecule has 0 radical (unpaired) electrons. The number of nitrogens with one attached hydrogen (secondary N) is 1. The van der Waals surface area contributed by atoms with Gasteiger partial charge in [0.05, 0.1) is 5.60 Å². The van der Waals surface area contributed by atoms with Crippen molar-refractivity contribution < 1.29 is 4.74 Å². The van der Waals surface area contributed by atoms with Gasteiger partial charge in [-0.25, -0.2) is 0 Å². The molecule has 2 heterocycles. The smallest absolute Gasteiger partial charge is 0.105 e. The number of hydrogen-bond donors (Lipinski definition) is 1. The number of morpholine rings is 1. The van der Waals surface area contributed by atoms with Crippen LogP contribution in [0.2, 0.25) is 0 Å². The lowest BCUT2D eigenvalue weighted by Gasteiger charge is -2.40. The van der Waals surface area contributed by atoms with Gasteiger partial charge < -0.3 is 10.1 Å². The molecule has 2 atom stereocenters. The molecule has 0 bridgehead atoms. The van der Waals surface area contributed by atoms with Crippen LogP contribution in [0.5, 0.6) is 0 Å². The van der Waals surface area contributed by atoms with Gasteiger partial charge in [0.25, 0.3) is 0 Å². The molecule has 1 fully saturated rings. The maximum Gasteiger partial charge on any atom is 0.105 e. The van der Waals surface area contributed by atoms with Crippen LogP contribution in [-0.2, 0) is 11.2 Å². The standard InChI is InChI=1S/C15H25NOS/c1-5-12-6-7-14(18-12)13-9-16-10-15(4,17-13)8-11(2)3/h6-7,11,13,16H,5,8-10H2,1-4H3. The van der Waals surface area contributed by atoms with E-state index < -0.39 is 0 Å². The molecule has 1 aliphatic heterocycles. The van der Waals surface area contributed by atoms with E-state index in [0.717, 1.165) is 25.9 Å². The van der Waals surface area contributed by atoms with E-state index in [9.17, 15) is 0 Å². The fraction of sp³-hybridized carbons (Fsp3) is 0.733. The molecule has 2 unspecified atom stereocenters. The van der Waals surface area contributed by atoms with Crippen molar-refractivity contribution in [1.82, 2.24) is 5.32 Å². The van der Waals surface area contributed by atoms with Crippen molar-refractivity contribution in [3.8, 4) is 0 Å². The van der Waals surface area contributed by atoms with Crippen molar-refractivity contribution in [2.45, 2.75) is 52.2 Å². The number of rotatable bonds is 4. The number of aryl methyl sites for hydroxylation is 1.